The lowest BCUT2D eigenvalue weighted by Gasteiger charge is -2.38. The molecule has 3 fully saturated rings. The molecule has 0 N–H and O–H groups in total. The number of fused-ring (bicyclic) bond motifs is 3. The maximum absolute atomic E-state index is 13.1. The minimum Gasteiger partial charge on any atom is -0.490 e. The van der Waals surface area contributed by atoms with Gasteiger partial charge in [-0.25, -0.2) is 13.4 Å². The van der Waals surface area contributed by atoms with Gasteiger partial charge in [0, 0.05) is 30.8 Å². The maximum atomic E-state index is 13.1. The highest BCUT2D eigenvalue weighted by atomic mass is 32.2. The molecular formula is C27H29N3O4S2. The number of aromatic nitrogens is 2. The first kappa shape index (κ1) is 23.7. The lowest BCUT2D eigenvalue weighted by Crippen LogP contribution is -2.47. The molecule has 3 atom stereocenters. The standard InChI is InChI=1S/C27H29N3O4S2/c1-36(32,33)13-12-29-20-5-6-21(29)15-23(14-20)34-22-9-7-19(8-10-22)30-17-28-25-16-24(11-4-18-2-3-18)35-26(25)27(30)31/h7-10,16-18,20-21,23H,2-3,5-6,12-15H2,1H3/t20-,21+,23?. The molecule has 2 saturated heterocycles. The van der Waals surface area contributed by atoms with E-state index in [-0.39, 0.29) is 17.4 Å². The number of sulfone groups is 1. The van der Waals surface area contributed by atoms with Crippen molar-refractivity contribution in [1.82, 2.24) is 14.5 Å². The molecule has 2 aromatic heterocycles. The SMILES string of the molecule is CS(=O)(=O)CCN1[C@@H]2CC[C@H]1CC(Oc1ccc(-n3cnc4cc(C#CC5CC5)sc4c3=O)cc1)C2. The Morgan fingerprint density at radius 3 is 2.50 bits per heavy atom. The van der Waals surface area contributed by atoms with E-state index in [1.807, 2.05) is 30.3 Å². The molecule has 2 bridgehead atoms. The lowest BCUT2D eigenvalue weighted by atomic mass is 10.00. The van der Waals surface area contributed by atoms with Gasteiger partial charge < -0.3 is 4.74 Å². The quantitative estimate of drug-likeness (QED) is 0.459. The van der Waals surface area contributed by atoms with Crippen LogP contribution in [0.15, 0.2) is 41.5 Å². The molecule has 0 radical (unpaired) electrons. The topological polar surface area (TPSA) is 81.5 Å². The van der Waals surface area contributed by atoms with E-state index in [2.05, 4.69) is 21.7 Å². The fourth-order valence-corrected chi connectivity index (χ4v) is 6.84. The predicted octanol–water partition coefficient (Wildman–Crippen LogP) is 3.63. The summed E-state index contributed by atoms with van der Waals surface area (Å²) in [4.78, 5) is 20.9. The minimum absolute atomic E-state index is 0.0869. The average molecular weight is 524 g/mol. The third-order valence-corrected chi connectivity index (χ3v) is 9.35. The molecule has 7 nitrogen and oxygen atoms in total. The Hall–Kier alpha value is -2.67. The van der Waals surface area contributed by atoms with Crippen LogP contribution in [0.5, 0.6) is 5.75 Å². The van der Waals surface area contributed by atoms with E-state index in [9.17, 15) is 13.2 Å². The highest BCUT2D eigenvalue weighted by Gasteiger charge is 2.41. The second-order valence-electron chi connectivity index (χ2n) is 10.2. The van der Waals surface area contributed by atoms with E-state index >= 15 is 0 Å². The molecule has 1 aliphatic carbocycles. The van der Waals surface area contributed by atoms with Gasteiger partial charge in [-0.15, -0.1) is 11.3 Å². The molecular weight excluding hydrogens is 494 g/mol. The van der Waals surface area contributed by atoms with Crippen LogP contribution in [-0.4, -0.2) is 59.6 Å². The maximum Gasteiger partial charge on any atom is 0.275 e. The van der Waals surface area contributed by atoms with Gasteiger partial charge in [0.05, 0.1) is 21.8 Å². The van der Waals surface area contributed by atoms with E-state index in [1.165, 1.54) is 30.4 Å². The predicted molar refractivity (Wildman–Crippen MR) is 142 cm³/mol. The number of hydrogen-bond donors (Lipinski definition) is 0. The summed E-state index contributed by atoms with van der Waals surface area (Å²) in [5, 5.41) is 0. The number of benzene rings is 1. The molecule has 3 aromatic rings. The van der Waals surface area contributed by atoms with Gasteiger partial charge in [0.1, 0.15) is 32.7 Å². The van der Waals surface area contributed by atoms with Crippen molar-refractivity contribution in [2.75, 3.05) is 18.6 Å². The number of thiophene rings is 1. The van der Waals surface area contributed by atoms with Crippen LogP contribution in [0.1, 0.15) is 43.4 Å². The summed E-state index contributed by atoms with van der Waals surface area (Å²) >= 11 is 1.41. The zero-order valence-corrected chi connectivity index (χ0v) is 21.9. The number of ether oxygens (including phenoxy) is 1. The van der Waals surface area contributed by atoms with E-state index in [0.717, 1.165) is 42.0 Å². The average Bonchev–Trinajstić information content (AvgIpc) is 3.52. The molecule has 1 saturated carbocycles. The summed E-state index contributed by atoms with van der Waals surface area (Å²) in [6.07, 6.45) is 9.37. The first-order valence-corrected chi connectivity index (χ1v) is 15.4. The zero-order valence-electron chi connectivity index (χ0n) is 20.2. The van der Waals surface area contributed by atoms with E-state index < -0.39 is 9.84 Å². The molecule has 0 spiro atoms. The fourth-order valence-electron chi connectivity index (χ4n) is 5.39. The summed E-state index contributed by atoms with van der Waals surface area (Å²) in [7, 11) is -2.96. The minimum atomic E-state index is -2.96. The second-order valence-corrected chi connectivity index (χ2v) is 13.6. The summed E-state index contributed by atoms with van der Waals surface area (Å²) in [5.74, 6) is 7.95. The van der Waals surface area contributed by atoms with Crippen molar-refractivity contribution in [3.63, 3.8) is 0 Å². The third-order valence-electron chi connectivity index (χ3n) is 7.39. The Morgan fingerprint density at radius 2 is 1.83 bits per heavy atom. The van der Waals surface area contributed by atoms with Gasteiger partial charge in [0.25, 0.3) is 5.56 Å². The molecule has 4 heterocycles. The monoisotopic (exact) mass is 523 g/mol. The van der Waals surface area contributed by atoms with Crippen LogP contribution in [-0.2, 0) is 9.84 Å². The van der Waals surface area contributed by atoms with Crippen LogP contribution in [0.3, 0.4) is 0 Å². The first-order chi connectivity index (χ1) is 17.3. The normalized spacial score (nSPS) is 24.0. The molecule has 2 aliphatic heterocycles. The molecule has 9 heteroatoms. The molecule has 3 aliphatic rings. The number of nitrogens with zero attached hydrogens (tertiary/aromatic N) is 3. The van der Waals surface area contributed by atoms with Crippen LogP contribution >= 0.6 is 11.3 Å². The van der Waals surface area contributed by atoms with Crippen LogP contribution in [0, 0.1) is 17.8 Å². The van der Waals surface area contributed by atoms with Gasteiger partial charge in [-0.05, 0) is 68.9 Å². The largest absolute Gasteiger partial charge is 0.490 e. The highest BCUT2D eigenvalue weighted by molar-refractivity contribution is 7.90. The number of hydrogen-bond acceptors (Lipinski definition) is 7. The highest BCUT2D eigenvalue weighted by Crippen LogP contribution is 2.37. The summed E-state index contributed by atoms with van der Waals surface area (Å²) < 4.78 is 31.7. The molecule has 188 valence electrons. The third kappa shape index (κ3) is 5.08. The lowest BCUT2D eigenvalue weighted by molar-refractivity contribution is 0.0535. The Bertz CT molecular complexity index is 1500. The summed E-state index contributed by atoms with van der Waals surface area (Å²) in [6, 6.07) is 10.3. The van der Waals surface area contributed by atoms with E-state index in [1.54, 1.807) is 10.9 Å². The number of piperidine rings is 1. The van der Waals surface area contributed by atoms with Gasteiger partial charge >= 0.3 is 0 Å². The van der Waals surface area contributed by atoms with Crippen LogP contribution in [0.2, 0.25) is 0 Å². The van der Waals surface area contributed by atoms with Crippen LogP contribution in [0.25, 0.3) is 15.9 Å². The summed E-state index contributed by atoms with van der Waals surface area (Å²) in [5.41, 5.74) is 1.35. The van der Waals surface area contributed by atoms with Crippen molar-refractivity contribution < 1.29 is 13.2 Å². The fraction of sp³-hybridized carbons (Fsp3) is 0.481. The molecule has 36 heavy (non-hydrogen) atoms. The van der Waals surface area contributed by atoms with Crippen molar-refractivity contribution in [3.05, 3.63) is 51.9 Å². The Balaban J connectivity index is 1.13. The van der Waals surface area contributed by atoms with Crippen molar-refractivity contribution in [2.45, 2.75) is 56.7 Å². The van der Waals surface area contributed by atoms with E-state index in [0.29, 0.717) is 34.8 Å². The van der Waals surface area contributed by atoms with Gasteiger partial charge in [-0.1, -0.05) is 11.8 Å². The number of rotatable bonds is 6. The van der Waals surface area contributed by atoms with Crippen LogP contribution in [0.4, 0.5) is 0 Å². The van der Waals surface area contributed by atoms with Crippen molar-refractivity contribution in [2.24, 2.45) is 5.92 Å². The Morgan fingerprint density at radius 1 is 1.11 bits per heavy atom. The molecule has 6 rings (SSSR count). The molecule has 1 aromatic carbocycles. The smallest absolute Gasteiger partial charge is 0.275 e. The van der Waals surface area contributed by atoms with E-state index in [4.69, 9.17) is 4.74 Å². The van der Waals surface area contributed by atoms with Gasteiger partial charge in [-0.2, -0.15) is 0 Å². The second kappa shape index (κ2) is 9.33. The van der Waals surface area contributed by atoms with Gasteiger partial charge in [0.2, 0.25) is 0 Å². The van der Waals surface area contributed by atoms with Gasteiger partial charge in [-0.3, -0.25) is 14.3 Å². The van der Waals surface area contributed by atoms with Crippen molar-refractivity contribution in [3.8, 4) is 23.3 Å². The van der Waals surface area contributed by atoms with Gasteiger partial charge in [0.15, 0.2) is 0 Å². The van der Waals surface area contributed by atoms with Crippen LogP contribution < -0.4 is 10.3 Å². The van der Waals surface area contributed by atoms with Crippen molar-refractivity contribution in [1.29, 1.82) is 0 Å². The first-order valence-electron chi connectivity index (χ1n) is 12.6. The summed E-state index contributed by atoms with van der Waals surface area (Å²) in [6.45, 7) is 0.613. The molecule has 0 amide bonds. The zero-order chi connectivity index (χ0) is 24.9. The van der Waals surface area contributed by atoms with Crippen molar-refractivity contribution >= 4 is 31.4 Å². The molecule has 1 unspecified atom stereocenters. The Labute approximate surface area is 215 Å². The Kier molecular flexibility index (Phi) is 6.14.